The molecular weight excluding hydrogens is 286 g/mol. The number of halogens is 1. The minimum Gasteiger partial charge on any atom is -0.493 e. The maximum Gasteiger partial charge on any atom is 0.162 e. The van der Waals surface area contributed by atoms with Crippen molar-refractivity contribution in [2.75, 3.05) is 19.5 Å². The molecule has 1 saturated carbocycles. The summed E-state index contributed by atoms with van der Waals surface area (Å²) in [4.78, 5) is 0. The summed E-state index contributed by atoms with van der Waals surface area (Å²) in [6, 6.07) is 4.23. The van der Waals surface area contributed by atoms with Gasteiger partial charge >= 0.3 is 0 Å². The van der Waals surface area contributed by atoms with E-state index in [-0.39, 0.29) is 0 Å². The van der Waals surface area contributed by atoms with Gasteiger partial charge in [-0.2, -0.15) is 0 Å². The second kappa shape index (κ2) is 7.26. The molecule has 1 aromatic carbocycles. The average molecular weight is 312 g/mol. The third-order valence-corrected chi connectivity index (χ3v) is 4.80. The first-order valence-corrected chi connectivity index (χ1v) is 8.11. The highest BCUT2D eigenvalue weighted by Crippen LogP contribution is 2.38. The number of anilines is 1. The van der Waals surface area contributed by atoms with Crippen molar-refractivity contribution in [1.29, 1.82) is 0 Å². The van der Waals surface area contributed by atoms with Gasteiger partial charge < -0.3 is 14.8 Å². The molecule has 21 heavy (non-hydrogen) atoms. The van der Waals surface area contributed by atoms with E-state index in [1.165, 1.54) is 25.7 Å². The second-order valence-corrected chi connectivity index (χ2v) is 6.61. The van der Waals surface area contributed by atoms with Gasteiger partial charge in [0.15, 0.2) is 11.5 Å². The average Bonchev–Trinajstić information content (AvgIpc) is 2.49. The molecule has 1 fully saturated rings. The zero-order valence-corrected chi connectivity index (χ0v) is 14.2. The summed E-state index contributed by atoms with van der Waals surface area (Å²) in [5.74, 6) is 2.92. The number of ether oxygens (including phenoxy) is 2. The Balaban J connectivity index is 2.12. The molecule has 118 valence electrons. The number of benzene rings is 1. The summed E-state index contributed by atoms with van der Waals surface area (Å²) in [5.41, 5.74) is 0.934. The summed E-state index contributed by atoms with van der Waals surface area (Å²) in [6.45, 7) is 4.63. The van der Waals surface area contributed by atoms with Gasteiger partial charge in [-0.15, -0.1) is 0 Å². The van der Waals surface area contributed by atoms with Gasteiger partial charge in [0.1, 0.15) is 0 Å². The Bertz CT molecular complexity index is 476. The fourth-order valence-electron chi connectivity index (χ4n) is 3.15. The van der Waals surface area contributed by atoms with Crippen LogP contribution in [0.3, 0.4) is 0 Å². The molecule has 0 saturated heterocycles. The second-order valence-electron chi connectivity index (χ2n) is 6.20. The molecule has 4 heteroatoms. The predicted octanol–water partition coefficient (Wildman–Crippen LogP) is 4.98. The minimum absolute atomic E-state index is 0.488. The van der Waals surface area contributed by atoms with Gasteiger partial charge in [0, 0.05) is 18.2 Å². The van der Waals surface area contributed by atoms with Crippen LogP contribution in [0.15, 0.2) is 12.1 Å². The van der Waals surface area contributed by atoms with E-state index in [0.29, 0.717) is 22.6 Å². The molecule has 1 aliphatic carbocycles. The minimum atomic E-state index is 0.488. The summed E-state index contributed by atoms with van der Waals surface area (Å²) in [7, 11) is 3.26. The van der Waals surface area contributed by atoms with Gasteiger partial charge in [-0.3, -0.25) is 0 Å². The number of methoxy groups -OCH3 is 2. The molecule has 1 aromatic rings. The van der Waals surface area contributed by atoms with Crippen molar-refractivity contribution in [3.63, 3.8) is 0 Å². The summed E-state index contributed by atoms with van der Waals surface area (Å²) in [5, 5.41) is 4.27. The zero-order valence-electron chi connectivity index (χ0n) is 13.4. The molecule has 0 aromatic heterocycles. The number of nitrogens with one attached hydrogen (secondary N) is 1. The van der Waals surface area contributed by atoms with Gasteiger partial charge in [-0.1, -0.05) is 38.3 Å². The maximum absolute atomic E-state index is 6.36. The SMILES string of the molecule is COc1cc(Cl)c(NC2CCCC(C(C)C)C2)cc1OC. The first kappa shape index (κ1) is 16.3. The van der Waals surface area contributed by atoms with Gasteiger partial charge in [0.25, 0.3) is 0 Å². The van der Waals surface area contributed by atoms with Crippen LogP contribution in [0.25, 0.3) is 0 Å². The van der Waals surface area contributed by atoms with Crippen molar-refractivity contribution in [3.05, 3.63) is 17.2 Å². The molecule has 3 nitrogen and oxygen atoms in total. The van der Waals surface area contributed by atoms with Crippen LogP contribution in [0.2, 0.25) is 5.02 Å². The molecule has 0 spiro atoms. The van der Waals surface area contributed by atoms with E-state index < -0.39 is 0 Å². The third-order valence-electron chi connectivity index (χ3n) is 4.49. The monoisotopic (exact) mass is 311 g/mol. The third kappa shape index (κ3) is 3.97. The molecule has 0 bridgehead atoms. The first-order chi connectivity index (χ1) is 10.0. The molecule has 0 amide bonds. The molecule has 2 unspecified atom stereocenters. The van der Waals surface area contributed by atoms with Crippen molar-refractivity contribution in [2.24, 2.45) is 11.8 Å². The lowest BCUT2D eigenvalue weighted by Gasteiger charge is -2.33. The van der Waals surface area contributed by atoms with Crippen LogP contribution in [0.1, 0.15) is 39.5 Å². The Labute approximate surface area is 133 Å². The van der Waals surface area contributed by atoms with Crippen molar-refractivity contribution in [3.8, 4) is 11.5 Å². The number of hydrogen-bond donors (Lipinski definition) is 1. The molecule has 0 heterocycles. The zero-order chi connectivity index (χ0) is 15.4. The largest absolute Gasteiger partial charge is 0.493 e. The summed E-state index contributed by atoms with van der Waals surface area (Å²) < 4.78 is 10.6. The molecule has 1 aliphatic rings. The van der Waals surface area contributed by atoms with Crippen molar-refractivity contribution >= 4 is 17.3 Å². The normalized spacial score (nSPS) is 22.2. The van der Waals surface area contributed by atoms with Gasteiger partial charge in [-0.25, -0.2) is 0 Å². The first-order valence-electron chi connectivity index (χ1n) is 7.73. The van der Waals surface area contributed by atoms with E-state index >= 15 is 0 Å². The fraction of sp³-hybridized carbons (Fsp3) is 0.647. The van der Waals surface area contributed by atoms with Crippen molar-refractivity contribution < 1.29 is 9.47 Å². The van der Waals surface area contributed by atoms with Crippen molar-refractivity contribution in [1.82, 2.24) is 0 Å². The predicted molar refractivity (Wildman–Crippen MR) is 88.8 cm³/mol. The van der Waals surface area contributed by atoms with Gasteiger partial charge in [0.2, 0.25) is 0 Å². The highest BCUT2D eigenvalue weighted by molar-refractivity contribution is 6.33. The highest BCUT2D eigenvalue weighted by Gasteiger charge is 2.24. The van der Waals surface area contributed by atoms with Crippen LogP contribution >= 0.6 is 11.6 Å². The molecular formula is C17H26ClNO2. The van der Waals surface area contributed by atoms with Gasteiger partial charge in [-0.05, 0) is 24.7 Å². The summed E-state index contributed by atoms with van der Waals surface area (Å²) in [6.07, 6.45) is 5.04. The topological polar surface area (TPSA) is 30.5 Å². The van der Waals surface area contributed by atoms with Crippen LogP contribution < -0.4 is 14.8 Å². The molecule has 2 rings (SSSR count). The van der Waals surface area contributed by atoms with E-state index in [2.05, 4.69) is 19.2 Å². The van der Waals surface area contributed by atoms with E-state index in [1.807, 2.05) is 12.1 Å². The standard InChI is InChI=1S/C17H26ClNO2/c1-11(2)12-6-5-7-13(8-12)19-15-10-17(21-4)16(20-3)9-14(15)18/h9-13,19H,5-8H2,1-4H3. The molecule has 0 radical (unpaired) electrons. The van der Waals surface area contributed by atoms with E-state index in [0.717, 1.165) is 17.5 Å². The lowest BCUT2D eigenvalue weighted by molar-refractivity contribution is 0.264. The lowest BCUT2D eigenvalue weighted by atomic mass is 9.79. The fourth-order valence-corrected chi connectivity index (χ4v) is 3.36. The number of hydrogen-bond acceptors (Lipinski definition) is 3. The Morgan fingerprint density at radius 3 is 2.43 bits per heavy atom. The molecule has 2 atom stereocenters. The number of rotatable bonds is 5. The van der Waals surface area contributed by atoms with E-state index in [4.69, 9.17) is 21.1 Å². The molecule has 1 N–H and O–H groups in total. The van der Waals surface area contributed by atoms with Crippen LogP contribution in [0.4, 0.5) is 5.69 Å². The van der Waals surface area contributed by atoms with Crippen molar-refractivity contribution in [2.45, 2.75) is 45.6 Å². The van der Waals surface area contributed by atoms with E-state index in [1.54, 1.807) is 14.2 Å². The molecule has 0 aliphatic heterocycles. The Hall–Kier alpha value is -1.09. The highest BCUT2D eigenvalue weighted by atomic mass is 35.5. The summed E-state index contributed by atoms with van der Waals surface area (Å²) >= 11 is 6.36. The van der Waals surface area contributed by atoms with Crippen LogP contribution in [-0.2, 0) is 0 Å². The van der Waals surface area contributed by atoms with Crippen LogP contribution in [0.5, 0.6) is 11.5 Å². The smallest absolute Gasteiger partial charge is 0.162 e. The van der Waals surface area contributed by atoms with Gasteiger partial charge in [0.05, 0.1) is 24.9 Å². The quantitative estimate of drug-likeness (QED) is 0.831. The lowest BCUT2D eigenvalue weighted by Crippen LogP contribution is -2.29. The van der Waals surface area contributed by atoms with Crippen LogP contribution in [0, 0.1) is 11.8 Å². The van der Waals surface area contributed by atoms with E-state index in [9.17, 15) is 0 Å². The Kier molecular flexibility index (Phi) is 5.63. The maximum atomic E-state index is 6.36. The van der Waals surface area contributed by atoms with Crippen LogP contribution in [-0.4, -0.2) is 20.3 Å². The Morgan fingerprint density at radius 1 is 1.14 bits per heavy atom. The Morgan fingerprint density at radius 2 is 1.81 bits per heavy atom.